The van der Waals surface area contributed by atoms with Crippen molar-refractivity contribution in [1.82, 2.24) is 10.2 Å². The molecule has 5 nitrogen and oxygen atoms in total. The van der Waals surface area contributed by atoms with Gasteiger partial charge in [-0.3, -0.25) is 0 Å². The highest BCUT2D eigenvalue weighted by Crippen LogP contribution is 2.35. The average Bonchev–Trinajstić information content (AvgIpc) is 2.94. The quantitative estimate of drug-likeness (QED) is 0.858. The molecule has 88 valence electrons. The van der Waals surface area contributed by atoms with E-state index < -0.39 is 0 Å². The van der Waals surface area contributed by atoms with Crippen molar-refractivity contribution in [2.45, 2.75) is 6.61 Å². The van der Waals surface area contributed by atoms with Gasteiger partial charge in [-0.25, -0.2) is 0 Å². The minimum Gasteiger partial charge on any atom is -0.486 e. The fourth-order valence-corrected chi connectivity index (χ4v) is 2.18. The van der Waals surface area contributed by atoms with Gasteiger partial charge in [-0.2, -0.15) is 0 Å². The van der Waals surface area contributed by atoms with E-state index in [1.165, 1.54) is 11.3 Å². The number of fused-ring (bicyclic) bond motifs is 1. The fraction of sp³-hybridized carbons (Fsp3) is 0.200. The van der Waals surface area contributed by atoms with E-state index in [4.69, 9.17) is 25.8 Å². The van der Waals surface area contributed by atoms with E-state index in [2.05, 4.69) is 10.2 Å². The first kappa shape index (κ1) is 10.6. The largest absolute Gasteiger partial charge is 0.486 e. The van der Waals surface area contributed by atoms with Crippen molar-refractivity contribution in [2.75, 3.05) is 6.79 Å². The second-order valence-electron chi connectivity index (χ2n) is 3.25. The Morgan fingerprint density at radius 1 is 1.29 bits per heavy atom. The van der Waals surface area contributed by atoms with E-state index in [1.54, 1.807) is 6.07 Å². The summed E-state index contributed by atoms with van der Waals surface area (Å²) in [7, 11) is 0. The standard InChI is InChI=1S/C10H7ClN2O3S/c11-10-13-12-9(17-10)4-14-6-1-2-7-8(3-6)16-5-15-7/h1-3H,4-5H2. The molecule has 0 aliphatic carbocycles. The SMILES string of the molecule is Clc1nnc(COc2ccc3c(c2)OCO3)s1. The Morgan fingerprint density at radius 3 is 3.00 bits per heavy atom. The fourth-order valence-electron chi connectivity index (χ4n) is 1.40. The minimum atomic E-state index is 0.255. The summed E-state index contributed by atoms with van der Waals surface area (Å²) in [6, 6.07) is 5.41. The van der Waals surface area contributed by atoms with Gasteiger partial charge in [-0.15, -0.1) is 10.2 Å². The van der Waals surface area contributed by atoms with Crippen molar-refractivity contribution in [2.24, 2.45) is 0 Å². The molecule has 2 aromatic rings. The van der Waals surface area contributed by atoms with Gasteiger partial charge >= 0.3 is 0 Å². The van der Waals surface area contributed by atoms with Gasteiger partial charge in [0.2, 0.25) is 11.3 Å². The summed E-state index contributed by atoms with van der Waals surface area (Å²) in [6.45, 7) is 0.592. The van der Waals surface area contributed by atoms with Crippen LogP contribution in [0.4, 0.5) is 0 Å². The van der Waals surface area contributed by atoms with Crippen LogP contribution in [-0.2, 0) is 6.61 Å². The van der Waals surface area contributed by atoms with Gasteiger partial charge in [-0.05, 0) is 23.7 Å². The van der Waals surface area contributed by atoms with Gasteiger partial charge in [-0.1, -0.05) is 11.3 Å². The minimum absolute atomic E-state index is 0.255. The third-order valence-electron chi connectivity index (χ3n) is 2.15. The van der Waals surface area contributed by atoms with E-state index in [9.17, 15) is 0 Å². The summed E-state index contributed by atoms with van der Waals surface area (Å²) < 4.78 is 16.4. The summed E-state index contributed by atoms with van der Waals surface area (Å²) in [4.78, 5) is 0. The van der Waals surface area contributed by atoms with Gasteiger partial charge in [0.25, 0.3) is 0 Å². The van der Waals surface area contributed by atoms with Crippen LogP contribution in [0.5, 0.6) is 17.2 Å². The van der Waals surface area contributed by atoms with Gasteiger partial charge < -0.3 is 14.2 Å². The average molecular weight is 271 g/mol. The highest BCUT2D eigenvalue weighted by molar-refractivity contribution is 7.15. The van der Waals surface area contributed by atoms with Crippen molar-refractivity contribution >= 4 is 22.9 Å². The molecule has 0 atom stereocenters. The summed E-state index contributed by atoms with van der Waals surface area (Å²) in [5.41, 5.74) is 0. The molecule has 0 saturated carbocycles. The number of benzene rings is 1. The Balaban J connectivity index is 1.69. The molecule has 0 fully saturated rings. The number of nitrogens with zero attached hydrogens (tertiary/aromatic N) is 2. The van der Waals surface area contributed by atoms with Crippen LogP contribution in [0.15, 0.2) is 18.2 Å². The molecule has 1 aromatic carbocycles. The molecule has 0 saturated heterocycles. The molecule has 1 aliphatic rings. The van der Waals surface area contributed by atoms with Crippen molar-refractivity contribution in [3.63, 3.8) is 0 Å². The molecular weight excluding hydrogens is 264 g/mol. The lowest BCUT2D eigenvalue weighted by atomic mass is 10.3. The molecule has 3 rings (SSSR count). The normalized spacial score (nSPS) is 12.8. The van der Waals surface area contributed by atoms with Gasteiger partial charge in [0.15, 0.2) is 16.5 Å². The maximum atomic E-state index is 5.67. The summed E-state index contributed by atoms with van der Waals surface area (Å²) in [5.74, 6) is 2.12. The van der Waals surface area contributed by atoms with E-state index in [0.29, 0.717) is 22.6 Å². The highest BCUT2D eigenvalue weighted by Gasteiger charge is 2.13. The molecule has 0 amide bonds. The van der Waals surface area contributed by atoms with Crippen molar-refractivity contribution in [3.05, 3.63) is 27.7 Å². The lowest BCUT2D eigenvalue weighted by Gasteiger charge is -2.04. The molecule has 7 heteroatoms. The van der Waals surface area contributed by atoms with Crippen LogP contribution in [-0.4, -0.2) is 17.0 Å². The lowest BCUT2D eigenvalue weighted by Crippen LogP contribution is -1.94. The second kappa shape index (κ2) is 4.38. The molecule has 17 heavy (non-hydrogen) atoms. The Labute approximate surface area is 106 Å². The molecule has 0 N–H and O–H groups in total. The van der Waals surface area contributed by atoms with Crippen LogP contribution in [0.25, 0.3) is 0 Å². The van der Waals surface area contributed by atoms with Crippen LogP contribution < -0.4 is 14.2 Å². The highest BCUT2D eigenvalue weighted by atomic mass is 35.5. The number of rotatable bonds is 3. The molecule has 1 aliphatic heterocycles. The van der Waals surface area contributed by atoms with Crippen molar-refractivity contribution in [3.8, 4) is 17.2 Å². The first-order valence-electron chi connectivity index (χ1n) is 4.81. The van der Waals surface area contributed by atoms with Crippen LogP contribution in [0, 0.1) is 0 Å². The van der Waals surface area contributed by atoms with Crippen LogP contribution in [0.1, 0.15) is 5.01 Å². The number of hydrogen-bond donors (Lipinski definition) is 0. The molecule has 0 unspecified atom stereocenters. The Hall–Kier alpha value is -1.53. The van der Waals surface area contributed by atoms with Crippen molar-refractivity contribution < 1.29 is 14.2 Å². The second-order valence-corrected chi connectivity index (χ2v) is 4.90. The smallest absolute Gasteiger partial charge is 0.231 e. The molecule has 2 heterocycles. The Kier molecular flexibility index (Phi) is 2.74. The van der Waals surface area contributed by atoms with E-state index in [-0.39, 0.29) is 6.79 Å². The number of aromatic nitrogens is 2. The molecule has 0 bridgehead atoms. The first-order chi connectivity index (χ1) is 8.31. The zero-order valence-corrected chi connectivity index (χ0v) is 10.1. The van der Waals surface area contributed by atoms with Gasteiger partial charge in [0.1, 0.15) is 12.4 Å². The number of ether oxygens (including phenoxy) is 3. The third-order valence-corrected chi connectivity index (χ3v) is 3.14. The van der Waals surface area contributed by atoms with Gasteiger partial charge in [0.05, 0.1) is 0 Å². The van der Waals surface area contributed by atoms with E-state index >= 15 is 0 Å². The maximum Gasteiger partial charge on any atom is 0.231 e. The van der Waals surface area contributed by atoms with E-state index in [1.807, 2.05) is 12.1 Å². The summed E-state index contributed by atoms with van der Waals surface area (Å²) >= 11 is 6.97. The van der Waals surface area contributed by atoms with Crippen LogP contribution in [0.3, 0.4) is 0 Å². The topological polar surface area (TPSA) is 53.5 Å². The molecular formula is C10H7ClN2O3S. The van der Waals surface area contributed by atoms with E-state index in [0.717, 1.165) is 10.8 Å². The number of halogens is 1. The zero-order valence-electron chi connectivity index (χ0n) is 8.55. The Bertz CT molecular complexity index is 546. The van der Waals surface area contributed by atoms with Gasteiger partial charge in [0, 0.05) is 6.07 Å². The lowest BCUT2D eigenvalue weighted by molar-refractivity contribution is 0.173. The number of hydrogen-bond acceptors (Lipinski definition) is 6. The molecule has 1 aromatic heterocycles. The predicted octanol–water partition coefficient (Wildman–Crippen LogP) is 2.50. The summed E-state index contributed by atoms with van der Waals surface area (Å²) in [5, 5.41) is 8.28. The van der Waals surface area contributed by atoms with Crippen LogP contribution >= 0.6 is 22.9 Å². The monoisotopic (exact) mass is 270 g/mol. The molecule has 0 spiro atoms. The maximum absolute atomic E-state index is 5.67. The Morgan fingerprint density at radius 2 is 2.18 bits per heavy atom. The summed E-state index contributed by atoms with van der Waals surface area (Å²) in [6.07, 6.45) is 0. The predicted molar refractivity (Wildman–Crippen MR) is 61.8 cm³/mol. The third kappa shape index (κ3) is 2.27. The van der Waals surface area contributed by atoms with Crippen molar-refractivity contribution in [1.29, 1.82) is 0 Å². The first-order valence-corrected chi connectivity index (χ1v) is 6.01. The zero-order chi connectivity index (χ0) is 11.7. The van der Waals surface area contributed by atoms with Crippen LogP contribution in [0.2, 0.25) is 4.47 Å². The molecule has 0 radical (unpaired) electrons.